The van der Waals surface area contributed by atoms with E-state index in [2.05, 4.69) is 19.2 Å². The predicted molar refractivity (Wildman–Crippen MR) is 55.8 cm³/mol. The van der Waals surface area contributed by atoms with Gasteiger partial charge in [-0.05, 0) is 25.7 Å². The Hall–Kier alpha value is -0.570. The van der Waals surface area contributed by atoms with E-state index in [1.54, 1.807) is 0 Å². The van der Waals surface area contributed by atoms with Gasteiger partial charge >= 0.3 is 0 Å². The first kappa shape index (κ1) is 11.5. The third-order valence-electron chi connectivity index (χ3n) is 3.45. The number of carbonyl (C=O) groups is 1. The van der Waals surface area contributed by atoms with Gasteiger partial charge in [0.15, 0.2) is 0 Å². The zero-order valence-electron chi connectivity index (χ0n) is 9.34. The molecule has 1 rings (SSSR count). The maximum Gasteiger partial charge on any atom is 0.228 e. The molecule has 0 saturated heterocycles. The SMILES string of the molecule is CC(C)[C@@H](C)NC(=O)C1(CO)CCC1. The Morgan fingerprint density at radius 1 is 1.43 bits per heavy atom. The van der Waals surface area contributed by atoms with Crippen LogP contribution in [0.25, 0.3) is 0 Å². The van der Waals surface area contributed by atoms with E-state index in [-0.39, 0.29) is 18.6 Å². The summed E-state index contributed by atoms with van der Waals surface area (Å²) in [7, 11) is 0. The highest BCUT2D eigenvalue weighted by atomic mass is 16.3. The van der Waals surface area contributed by atoms with Gasteiger partial charge in [0.05, 0.1) is 12.0 Å². The van der Waals surface area contributed by atoms with Crippen LogP contribution in [-0.2, 0) is 4.79 Å². The van der Waals surface area contributed by atoms with Crippen molar-refractivity contribution in [3.05, 3.63) is 0 Å². The number of hydrogen-bond donors (Lipinski definition) is 2. The Labute approximate surface area is 85.9 Å². The highest BCUT2D eigenvalue weighted by molar-refractivity contribution is 5.83. The smallest absolute Gasteiger partial charge is 0.228 e. The second-order valence-electron chi connectivity index (χ2n) is 4.80. The molecule has 3 heteroatoms. The lowest BCUT2D eigenvalue weighted by Gasteiger charge is -2.39. The predicted octanol–water partition coefficient (Wildman–Crippen LogP) is 1.31. The van der Waals surface area contributed by atoms with Gasteiger partial charge in [-0.1, -0.05) is 20.3 Å². The Morgan fingerprint density at radius 2 is 2.00 bits per heavy atom. The van der Waals surface area contributed by atoms with Crippen molar-refractivity contribution in [1.82, 2.24) is 5.32 Å². The lowest BCUT2D eigenvalue weighted by molar-refractivity contribution is -0.140. The minimum atomic E-state index is -0.455. The van der Waals surface area contributed by atoms with E-state index in [4.69, 9.17) is 0 Å². The molecule has 0 radical (unpaired) electrons. The fourth-order valence-corrected chi connectivity index (χ4v) is 1.59. The molecule has 0 aromatic carbocycles. The molecule has 82 valence electrons. The fraction of sp³-hybridized carbons (Fsp3) is 0.909. The van der Waals surface area contributed by atoms with Crippen LogP contribution >= 0.6 is 0 Å². The van der Waals surface area contributed by atoms with Gasteiger partial charge in [0, 0.05) is 6.04 Å². The minimum Gasteiger partial charge on any atom is -0.395 e. The Morgan fingerprint density at radius 3 is 2.29 bits per heavy atom. The standard InChI is InChI=1S/C11H21NO2/c1-8(2)9(3)12-10(14)11(7-13)5-4-6-11/h8-9,13H,4-7H2,1-3H3,(H,12,14)/t9-/m1/s1. The van der Waals surface area contributed by atoms with E-state index in [0.29, 0.717) is 5.92 Å². The van der Waals surface area contributed by atoms with Crippen LogP contribution in [0.4, 0.5) is 0 Å². The average Bonchev–Trinajstić information content (AvgIpc) is 2.02. The van der Waals surface area contributed by atoms with Crippen molar-refractivity contribution < 1.29 is 9.90 Å². The molecule has 14 heavy (non-hydrogen) atoms. The third-order valence-corrected chi connectivity index (χ3v) is 3.45. The molecule has 0 bridgehead atoms. The summed E-state index contributed by atoms with van der Waals surface area (Å²) in [6.45, 7) is 6.16. The average molecular weight is 199 g/mol. The van der Waals surface area contributed by atoms with Crippen LogP contribution in [0, 0.1) is 11.3 Å². The number of nitrogens with one attached hydrogen (secondary N) is 1. The topological polar surface area (TPSA) is 49.3 Å². The molecule has 2 N–H and O–H groups in total. The molecule has 3 nitrogen and oxygen atoms in total. The summed E-state index contributed by atoms with van der Waals surface area (Å²) in [6, 6.07) is 0.187. The molecule has 0 spiro atoms. The van der Waals surface area contributed by atoms with Crippen molar-refractivity contribution in [1.29, 1.82) is 0 Å². The molecule has 0 heterocycles. The molecule has 0 unspecified atom stereocenters. The van der Waals surface area contributed by atoms with Crippen LogP contribution in [0.3, 0.4) is 0 Å². The van der Waals surface area contributed by atoms with Crippen molar-refractivity contribution >= 4 is 5.91 Å². The first-order valence-corrected chi connectivity index (χ1v) is 5.44. The molecule has 1 aliphatic rings. The largest absolute Gasteiger partial charge is 0.395 e. The lowest BCUT2D eigenvalue weighted by atomic mass is 9.68. The first-order valence-electron chi connectivity index (χ1n) is 5.44. The lowest BCUT2D eigenvalue weighted by Crippen LogP contribution is -2.51. The Balaban J connectivity index is 2.48. The highest BCUT2D eigenvalue weighted by Gasteiger charge is 2.43. The quantitative estimate of drug-likeness (QED) is 0.717. The van der Waals surface area contributed by atoms with Gasteiger partial charge in [-0.15, -0.1) is 0 Å². The maximum atomic E-state index is 11.8. The van der Waals surface area contributed by atoms with Crippen LogP contribution < -0.4 is 5.32 Å². The van der Waals surface area contributed by atoms with E-state index in [0.717, 1.165) is 19.3 Å². The zero-order chi connectivity index (χ0) is 10.8. The van der Waals surface area contributed by atoms with E-state index >= 15 is 0 Å². The molecular formula is C11H21NO2. The van der Waals surface area contributed by atoms with Crippen LogP contribution in [0.2, 0.25) is 0 Å². The molecule has 1 saturated carbocycles. The van der Waals surface area contributed by atoms with E-state index in [1.807, 2.05) is 6.92 Å². The van der Waals surface area contributed by atoms with Crippen molar-refractivity contribution in [3.8, 4) is 0 Å². The van der Waals surface area contributed by atoms with Crippen LogP contribution in [0.15, 0.2) is 0 Å². The van der Waals surface area contributed by atoms with Crippen molar-refractivity contribution in [2.75, 3.05) is 6.61 Å². The Kier molecular flexibility index (Phi) is 3.53. The van der Waals surface area contributed by atoms with E-state index in [1.165, 1.54) is 0 Å². The van der Waals surface area contributed by atoms with Crippen molar-refractivity contribution in [2.45, 2.75) is 46.1 Å². The van der Waals surface area contributed by atoms with Gasteiger partial charge in [-0.25, -0.2) is 0 Å². The van der Waals surface area contributed by atoms with Gasteiger partial charge in [0.25, 0.3) is 0 Å². The van der Waals surface area contributed by atoms with E-state index < -0.39 is 5.41 Å². The van der Waals surface area contributed by atoms with Gasteiger partial charge in [0.1, 0.15) is 0 Å². The number of carbonyl (C=O) groups excluding carboxylic acids is 1. The third kappa shape index (κ3) is 2.08. The van der Waals surface area contributed by atoms with Gasteiger partial charge in [-0.2, -0.15) is 0 Å². The van der Waals surface area contributed by atoms with E-state index in [9.17, 15) is 9.90 Å². The number of aliphatic hydroxyl groups is 1. The number of aliphatic hydroxyl groups excluding tert-OH is 1. The van der Waals surface area contributed by atoms with Crippen LogP contribution in [0.1, 0.15) is 40.0 Å². The summed E-state index contributed by atoms with van der Waals surface area (Å²) < 4.78 is 0. The molecule has 1 aliphatic carbocycles. The Bertz CT molecular complexity index is 204. The summed E-state index contributed by atoms with van der Waals surface area (Å²) in [5.41, 5.74) is -0.455. The van der Waals surface area contributed by atoms with Crippen molar-refractivity contribution in [2.24, 2.45) is 11.3 Å². The monoisotopic (exact) mass is 199 g/mol. The van der Waals surface area contributed by atoms with Gasteiger partial charge in [-0.3, -0.25) is 4.79 Å². The number of rotatable bonds is 4. The summed E-state index contributed by atoms with van der Waals surface area (Å²) >= 11 is 0. The first-order chi connectivity index (χ1) is 6.52. The van der Waals surface area contributed by atoms with Crippen LogP contribution in [0.5, 0.6) is 0 Å². The molecule has 0 aliphatic heterocycles. The molecule has 0 aromatic rings. The van der Waals surface area contributed by atoms with Crippen molar-refractivity contribution in [3.63, 3.8) is 0 Å². The second kappa shape index (κ2) is 4.30. The summed E-state index contributed by atoms with van der Waals surface area (Å²) in [5, 5.41) is 12.2. The highest BCUT2D eigenvalue weighted by Crippen LogP contribution is 2.40. The van der Waals surface area contributed by atoms with Gasteiger partial charge in [0.2, 0.25) is 5.91 Å². The molecule has 1 amide bonds. The maximum absolute atomic E-state index is 11.8. The minimum absolute atomic E-state index is 0.0103. The normalized spacial score (nSPS) is 21.5. The zero-order valence-corrected chi connectivity index (χ0v) is 9.34. The second-order valence-corrected chi connectivity index (χ2v) is 4.80. The summed E-state index contributed by atoms with van der Waals surface area (Å²) in [6.07, 6.45) is 2.73. The summed E-state index contributed by atoms with van der Waals surface area (Å²) in [5.74, 6) is 0.474. The van der Waals surface area contributed by atoms with Crippen LogP contribution in [-0.4, -0.2) is 23.7 Å². The fourth-order valence-electron chi connectivity index (χ4n) is 1.59. The molecule has 0 aromatic heterocycles. The summed E-state index contributed by atoms with van der Waals surface area (Å²) in [4.78, 5) is 11.8. The number of amides is 1. The molecular weight excluding hydrogens is 178 g/mol. The van der Waals surface area contributed by atoms with Gasteiger partial charge < -0.3 is 10.4 Å². The molecule has 1 atom stereocenters. The number of hydrogen-bond acceptors (Lipinski definition) is 2. The molecule has 1 fully saturated rings.